The van der Waals surface area contributed by atoms with Gasteiger partial charge in [0.1, 0.15) is 5.75 Å². The van der Waals surface area contributed by atoms with Crippen molar-refractivity contribution in [2.45, 2.75) is 20.3 Å². The summed E-state index contributed by atoms with van der Waals surface area (Å²) in [5, 5.41) is 0. The van der Waals surface area contributed by atoms with Gasteiger partial charge in [0.25, 0.3) is 0 Å². The highest BCUT2D eigenvalue weighted by atomic mass is 16.5. The van der Waals surface area contributed by atoms with Gasteiger partial charge in [0, 0.05) is 12.0 Å². The molecule has 1 aromatic rings. The van der Waals surface area contributed by atoms with E-state index in [-0.39, 0.29) is 0 Å². The maximum Gasteiger partial charge on any atom is 0.127 e. The van der Waals surface area contributed by atoms with Crippen LogP contribution in [-0.2, 0) is 0 Å². The van der Waals surface area contributed by atoms with E-state index in [0.717, 1.165) is 18.8 Å². The van der Waals surface area contributed by atoms with Gasteiger partial charge in [-0.3, -0.25) is 0 Å². The first kappa shape index (κ1) is 8.36. The topological polar surface area (TPSA) is 9.23 Å². The van der Waals surface area contributed by atoms with Crippen molar-refractivity contribution >= 4 is 5.57 Å². The predicted octanol–water partition coefficient (Wildman–Crippen LogP) is 3.10. The fourth-order valence-electron chi connectivity index (χ4n) is 1.90. The summed E-state index contributed by atoms with van der Waals surface area (Å²) in [6.07, 6.45) is 0.955. The Morgan fingerprint density at radius 2 is 2.08 bits per heavy atom. The van der Waals surface area contributed by atoms with E-state index in [1.165, 1.54) is 22.3 Å². The first-order chi connectivity index (χ1) is 6.18. The van der Waals surface area contributed by atoms with Gasteiger partial charge < -0.3 is 4.74 Å². The molecule has 0 saturated carbocycles. The number of hydrogen-bond acceptors (Lipinski definition) is 1. The fraction of sp³-hybridized carbons (Fsp3) is 0.333. The second-order valence-electron chi connectivity index (χ2n) is 3.66. The third kappa shape index (κ3) is 1.35. The largest absolute Gasteiger partial charge is 0.493 e. The molecule has 0 amide bonds. The van der Waals surface area contributed by atoms with Gasteiger partial charge in [0.05, 0.1) is 6.61 Å². The summed E-state index contributed by atoms with van der Waals surface area (Å²) in [5.74, 6) is 1.01. The van der Waals surface area contributed by atoms with Gasteiger partial charge in [-0.2, -0.15) is 0 Å². The molecule has 68 valence electrons. The summed E-state index contributed by atoms with van der Waals surface area (Å²) >= 11 is 0. The van der Waals surface area contributed by atoms with Crippen LogP contribution in [0.2, 0.25) is 0 Å². The molecule has 1 aliphatic rings. The Morgan fingerprint density at radius 1 is 1.31 bits per heavy atom. The van der Waals surface area contributed by atoms with E-state index >= 15 is 0 Å². The average Bonchev–Trinajstić information content (AvgIpc) is 2.02. The molecule has 0 atom stereocenters. The first-order valence-electron chi connectivity index (χ1n) is 4.60. The minimum atomic E-state index is 0.773. The van der Waals surface area contributed by atoms with Crippen LogP contribution in [0, 0.1) is 13.8 Å². The molecule has 0 aromatic heterocycles. The van der Waals surface area contributed by atoms with Gasteiger partial charge in [-0.1, -0.05) is 12.6 Å². The van der Waals surface area contributed by atoms with E-state index in [4.69, 9.17) is 4.74 Å². The van der Waals surface area contributed by atoms with Crippen molar-refractivity contribution in [3.63, 3.8) is 0 Å². The molecule has 0 saturated heterocycles. The van der Waals surface area contributed by atoms with E-state index in [2.05, 4.69) is 32.6 Å². The van der Waals surface area contributed by atoms with Crippen molar-refractivity contribution < 1.29 is 4.74 Å². The predicted molar refractivity (Wildman–Crippen MR) is 55.1 cm³/mol. The summed E-state index contributed by atoms with van der Waals surface area (Å²) in [7, 11) is 0. The second kappa shape index (κ2) is 2.91. The summed E-state index contributed by atoms with van der Waals surface area (Å²) in [5.41, 5.74) is 4.96. The fourth-order valence-corrected chi connectivity index (χ4v) is 1.90. The Morgan fingerprint density at radius 3 is 2.85 bits per heavy atom. The highest BCUT2D eigenvalue weighted by Crippen LogP contribution is 2.35. The van der Waals surface area contributed by atoms with Crippen molar-refractivity contribution in [3.05, 3.63) is 35.4 Å². The smallest absolute Gasteiger partial charge is 0.127 e. The Hall–Kier alpha value is -1.24. The maximum atomic E-state index is 5.59. The summed E-state index contributed by atoms with van der Waals surface area (Å²) in [6.45, 7) is 9.05. The highest BCUT2D eigenvalue weighted by molar-refractivity contribution is 5.73. The molecule has 2 rings (SSSR count). The van der Waals surface area contributed by atoms with Crippen molar-refractivity contribution in [2.75, 3.05) is 6.61 Å². The zero-order valence-electron chi connectivity index (χ0n) is 8.18. The molecule has 0 N–H and O–H groups in total. The zero-order chi connectivity index (χ0) is 9.42. The molecule has 1 heteroatoms. The zero-order valence-corrected chi connectivity index (χ0v) is 8.18. The Balaban J connectivity index is 2.63. The van der Waals surface area contributed by atoms with Crippen LogP contribution in [0.15, 0.2) is 18.7 Å². The lowest BCUT2D eigenvalue weighted by Crippen LogP contribution is -2.08. The first-order valence-corrected chi connectivity index (χ1v) is 4.60. The minimum Gasteiger partial charge on any atom is -0.493 e. The van der Waals surface area contributed by atoms with Gasteiger partial charge >= 0.3 is 0 Å². The average molecular weight is 174 g/mol. The van der Waals surface area contributed by atoms with Crippen LogP contribution < -0.4 is 4.74 Å². The van der Waals surface area contributed by atoms with Crippen LogP contribution in [0.4, 0.5) is 0 Å². The molecule has 1 nitrogen and oxygen atoms in total. The highest BCUT2D eigenvalue weighted by Gasteiger charge is 2.15. The molecule has 1 aromatic carbocycles. The molecule has 0 fully saturated rings. The van der Waals surface area contributed by atoms with E-state index < -0.39 is 0 Å². The lowest BCUT2D eigenvalue weighted by molar-refractivity contribution is 0.316. The number of hydrogen-bond donors (Lipinski definition) is 0. The SMILES string of the molecule is C=C1CCOc2cc(C)cc(C)c21. The third-order valence-electron chi connectivity index (χ3n) is 2.46. The Kier molecular flexibility index (Phi) is 1.87. The van der Waals surface area contributed by atoms with Crippen molar-refractivity contribution in [3.8, 4) is 5.75 Å². The van der Waals surface area contributed by atoms with Crippen LogP contribution in [0.5, 0.6) is 5.75 Å². The number of benzene rings is 1. The van der Waals surface area contributed by atoms with Crippen molar-refractivity contribution in [1.29, 1.82) is 0 Å². The van der Waals surface area contributed by atoms with Crippen molar-refractivity contribution in [1.82, 2.24) is 0 Å². The number of fused-ring (bicyclic) bond motifs is 1. The normalized spacial score (nSPS) is 15.1. The van der Waals surface area contributed by atoms with Gasteiger partial charge in [-0.25, -0.2) is 0 Å². The molecule has 1 aliphatic heterocycles. The number of ether oxygens (including phenoxy) is 1. The van der Waals surface area contributed by atoms with Gasteiger partial charge in [-0.15, -0.1) is 0 Å². The Bertz CT molecular complexity index is 364. The third-order valence-corrected chi connectivity index (χ3v) is 2.46. The van der Waals surface area contributed by atoms with Crippen LogP contribution in [0.1, 0.15) is 23.1 Å². The molecule has 13 heavy (non-hydrogen) atoms. The molecule has 0 aliphatic carbocycles. The number of rotatable bonds is 0. The summed E-state index contributed by atoms with van der Waals surface area (Å²) in [6, 6.07) is 4.27. The second-order valence-corrected chi connectivity index (χ2v) is 3.66. The molecule has 1 heterocycles. The summed E-state index contributed by atoms with van der Waals surface area (Å²) in [4.78, 5) is 0. The van der Waals surface area contributed by atoms with E-state index in [9.17, 15) is 0 Å². The molecule has 0 unspecified atom stereocenters. The number of aryl methyl sites for hydroxylation is 2. The standard InChI is InChI=1S/C12H14O/c1-8-6-10(3)12-9(2)4-5-13-11(12)7-8/h6-7H,2,4-5H2,1,3H3. The minimum absolute atomic E-state index is 0.773. The van der Waals surface area contributed by atoms with Gasteiger partial charge in [0.15, 0.2) is 0 Å². The van der Waals surface area contributed by atoms with E-state index in [1.54, 1.807) is 0 Å². The van der Waals surface area contributed by atoms with Crippen LogP contribution in [0.25, 0.3) is 5.57 Å². The van der Waals surface area contributed by atoms with Crippen LogP contribution >= 0.6 is 0 Å². The maximum absolute atomic E-state index is 5.59. The molecular weight excluding hydrogens is 160 g/mol. The van der Waals surface area contributed by atoms with Gasteiger partial charge in [-0.05, 0) is 36.6 Å². The quantitative estimate of drug-likeness (QED) is 0.587. The monoisotopic (exact) mass is 174 g/mol. The lowest BCUT2D eigenvalue weighted by atomic mass is 9.95. The summed E-state index contributed by atoms with van der Waals surface area (Å²) < 4.78 is 5.59. The molecule has 0 radical (unpaired) electrons. The van der Waals surface area contributed by atoms with E-state index in [1.807, 2.05) is 0 Å². The molecular formula is C12H14O. The van der Waals surface area contributed by atoms with Gasteiger partial charge in [0.2, 0.25) is 0 Å². The lowest BCUT2D eigenvalue weighted by Gasteiger charge is -2.21. The van der Waals surface area contributed by atoms with Crippen LogP contribution in [0.3, 0.4) is 0 Å². The van der Waals surface area contributed by atoms with Crippen LogP contribution in [-0.4, -0.2) is 6.61 Å². The van der Waals surface area contributed by atoms with E-state index in [0.29, 0.717) is 0 Å². The van der Waals surface area contributed by atoms with Crippen molar-refractivity contribution in [2.24, 2.45) is 0 Å². The molecule has 0 bridgehead atoms. The Labute approximate surface area is 79.0 Å². The molecule has 0 spiro atoms.